The smallest absolute Gasteiger partial charge is 0.265 e. The van der Waals surface area contributed by atoms with Crippen molar-refractivity contribution in [1.29, 1.82) is 0 Å². The highest BCUT2D eigenvalue weighted by Crippen LogP contribution is 2.25. The van der Waals surface area contributed by atoms with Crippen LogP contribution in [0.3, 0.4) is 0 Å². The fourth-order valence-corrected chi connectivity index (χ4v) is 4.10. The molecule has 21 heavy (non-hydrogen) atoms. The van der Waals surface area contributed by atoms with Gasteiger partial charge in [-0.15, -0.1) is 11.3 Å². The van der Waals surface area contributed by atoms with E-state index in [1.165, 1.54) is 16.2 Å². The molecule has 2 aromatic heterocycles. The summed E-state index contributed by atoms with van der Waals surface area (Å²) in [7, 11) is 0. The Balaban J connectivity index is 1.89. The molecule has 4 N–H and O–H groups in total. The number of hydrogen-bond donors (Lipinski definition) is 3. The van der Waals surface area contributed by atoms with Crippen LogP contribution in [0.15, 0.2) is 15.9 Å². The summed E-state index contributed by atoms with van der Waals surface area (Å²) in [6.45, 7) is 4.60. The highest BCUT2D eigenvalue weighted by atomic mass is 79.9. The minimum absolute atomic E-state index is 0.169. The SMILES string of the molecule is CC(C)Nc1nc(N)c(C(=O)NCCc2ccc(Br)s2)s1. The Morgan fingerprint density at radius 1 is 1.43 bits per heavy atom. The molecule has 5 nitrogen and oxygen atoms in total. The first-order chi connectivity index (χ1) is 9.95. The van der Waals surface area contributed by atoms with Gasteiger partial charge in [0, 0.05) is 17.5 Å². The van der Waals surface area contributed by atoms with Gasteiger partial charge in [-0.05, 0) is 48.3 Å². The number of nitrogen functional groups attached to an aromatic ring is 1. The maximum atomic E-state index is 12.1. The predicted octanol–water partition coefficient (Wildman–Crippen LogP) is 3.34. The average molecular weight is 389 g/mol. The number of aromatic nitrogens is 1. The molecule has 0 radical (unpaired) electrons. The van der Waals surface area contributed by atoms with Crippen molar-refractivity contribution in [2.75, 3.05) is 17.6 Å². The number of nitrogens with zero attached hydrogens (tertiary/aromatic N) is 1. The van der Waals surface area contributed by atoms with Crippen molar-refractivity contribution in [2.24, 2.45) is 0 Å². The van der Waals surface area contributed by atoms with Crippen molar-refractivity contribution < 1.29 is 4.79 Å². The van der Waals surface area contributed by atoms with E-state index in [4.69, 9.17) is 5.73 Å². The van der Waals surface area contributed by atoms with Gasteiger partial charge in [-0.2, -0.15) is 0 Å². The molecule has 2 rings (SSSR count). The van der Waals surface area contributed by atoms with Gasteiger partial charge in [-0.3, -0.25) is 4.79 Å². The van der Waals surface area contributed by atoms with Gasteiger partial charge in [0.2, 0.25) is 0 Å². The van der Waals surface area contributed by atoms with Crippen LogP contribution in [-0.4, -0.2) is 23.5 Å². The Morgan fingerprint density at radius 3 is 2.81 bits per heavy atom. The molecule has 0 fully saturated rings. The monoisotopic (exact) mass is 388 g/mol. The molecule has 0 aromatic carbocycles. The number of nitrogens with two attached hydrogens (primary N) is 1. The second kappa shape index (κ2) is 7.24. The number of carbonyl (C=O) groups is 1. The standard InChI is InChI=1S/C13H17BrN4OS2/c1-7(2)17-13-18-11(15)10(21-13)12(19)16-6-5-8-3-4-9(14)20-8/h3-4,7H,5-6,15H2,1-2H3,(H,16,19)(H,17,18). The third-order valence-electron chi connectivity index (χ3n) is 2.56. The third kappa shape index (κ3) is 4.69. The van der Waals surface area contributed by atoms with Crippen LogP contribution in [0.1, 0.15) is 28.4 Å². The van der Waals surface area contributed by atoms with Crippen LogP contribution in [0.4, 0.5) is 10.9 Å². The molecule has 0 aliphatic rings. The lowest BCUT2D eigenvalue weighted by Crippen LogP contribution is -2.25. The summed E-state index contributed by atoms with van der Waals surface area (Å²) in [5, 5.41) is 6.70. The topological polar surface area (TPSA) is 80.0 Å². The predicted molar refractivity (Wildman–Crippen MR) is 93.3 cm³/mol. The molecular formula is C13H17BrN4OS2. The van der Waals surface area contributed by atoms with E-state index in [1.54, 1.807) is 11.3 Å². The van der Waals surface area contributed by atoms with Crippen LogP contribution in [0, 0.1) is 0 Å². The zero-order valence-electron chi connectivity index (χ0n) is 11.8. The zero-order valence-corrected chi connectivity index (χ0v) is 15.0. The number of nitrogens with one attached hydrogen (secondary N) is 2. The van der Waals surface area contributed by atoms with Crippen LogP contribution < -0.4 is 16.4 Å². The molecule has 0 saturated heterocycles. The quantitative estimate of drug-likeness (QED) is 0.708. The molecule has 8 heteroatoms. The Hall–Kier alpha value is -1.12. The van der Waals surface area contributed by atoms with Crippen molar-refractivity contribution in [3.63, 3.8) is 0 Å². The molecule has 0 bridgehead atoms. The maximum absolute atomic E-state index is 12.1. The van der Waals surface area contributed by atoms with Crippen LogP contribution >= 0.6 is 38.6 Å². The summed E-state index contributed by atoms with van der Waals surface area (Å²) in [5.41, 5.74) is 5.80. The fourth-order valence-electron chi connectivity index (χ4n) is 1.67. The van der Waals surface area contributed by atoms with Gasteiger partial charge in [0.15, 0.2) is 5.13 Å². The molecule has 0 spiro atoms. The first-order valence-corrected chi connectivity index (χ1v) is 8.93. The molecule has 0 saturated carbocycles. The van der Waals surface area contributed by atoms with Gasteiger partial charge in [0.25, 0.3) is 5.91 Å². The Kier molecular flexibility index (Phi) is 5.60. The van der Waals surface area contributed by atoms with E-state index >= 15 is 0 Å². The van der Waals surface area contributed by atoms with E-state index in [2.05, 4.69) is 31.5 Å². The van der Waals surface area contributed by atoms with Gasteiger partial charge in [0.05, 0.1) is 3.79 Å². The number of halogens is 1. The molecular weight excluding hydrogens is 372 g/mol. The molecule has 2 heterocycles. The largest absolute Gasteiger partial charge is 0.382 e. The number of anilines is 2. The average Bonchev–Trinajstić information content (AvgIpc) is 2.95. The summed E-state index contributed by atoms with van der Waals surface area (Å²) < 4.78 is 1.10. The number of rotatable bonds is 6. The van der Waals surface area contributed by atoms with Crippen LogP contribution in [0.5, 0.6) is 0 Å². The van der Waals surface area contributed by atoms with Crippen LogP contribution in [0.2, 0.25) is 0 Å². The van der Waals surface area contributed by atoms with E-state index in [0.717, 1.165) is 10.2 Å². The van der Waals surface area contributed by atoms with Crippen molar-refractivity contribution in [3.05, 3.63) is 25.7 Å². The summed E-state index contributed by atoms with van der Waals surface area (Å²) in [5.74, 6) is 0.108. The van der Waals surface area contributed by atoms with Gasteiger partial charge in [-0.1, -0.05) is 11.3 Å². The summed E-state index contributed by atoms with van der Waals surface area (Å²) in [6, 6.07) is 4.31. The molecule has 0 atom stereocenters. The molecule has 1 amide bonds. The first-order valence-electron chi connectivity index (χ1n) is 6.51. The van der Waals surface area contributed by atoms with E-state index in [9.17, 15) is 4.79 Å². The maximum Gasteiger partial charge on any atom is 0.265 e. The van der Waals surface area contributed by atoms with Crippen molar-refractivity contribution >= 4 is 55.5 Å². The molecule has 0 aliphatic carbocycles. The van der Waals surface area contributed by atoms with Gasteiger partial charge in [-0.25, -0.2) is 4.98 Å². The molecule has 0 unspecified atom stereocenters. The van der Waals surface area contributed by atoms with Gasteiger partial charge in [0.1, 0.15) is 10.7 Å². The highest BCUT2D eigenvalue weighted by Gasteiger charge is 2.16. The normalized spacial score (nSPS) is 10.9. The van der Waals surface area contributed by atoms with Crippen molar-refractivity contribution in [3.8, 4) is 0 Å². The molecule has 2 aromatic rings. The lowest BCUT2D eigenvalue weighted by Gasteiger charge is -2.04. The lowest BCUT2D eigenvalue weighted by molar-refractivity contribution is 0.0959. The number of amides is 1. The Bertz CT molecular complexity index is 623. The molecule has 0 aliphatic heterocycles. The summed E-state index contributed by atoms with van der Waals surface area (Å²) in [6.07, 6.45) is 0.803. The highest BCUT2D eigenvalue weighted by molar-refractivity contribution is 9.11. The van der Waals surface area contributed by atoms with Crippen molar-refractivity contribution in [1.82, 2.24) is 10.3 Å². The van der Waals surface area contributed by atoms with Crippen LogP contribution in [0.25, 0.3) is 0 Å². The van der Waals surface area contributed by atoms with E-state index in [0.29, 0.717) is 16.6 Å². The second-order valence-corrected chi connectivity index (χ2v) is 8.29. The second-order valence-electron chi connectivity index (χ2n) is 4.74. The minimum Gasteiger partial charge on any atom is -0.382 e. The van der Waals surface area contributed by atoms with Crippen molar-refractivity contribution in [2.45, 2.75) is 26.3 Å². The zero-order chi connectivity index (χ0) is 15.4. The lowest BCUT2D eigenvalue weighted by atomic mass is 10.3. The third-order valence-corrected chi connectivity index (χ3v) is 5.24. The number of carbonyl (C=O) groups excluding carboxylic acids is 1. The first kappa shape index (κ1) is 16.3. The fraction of sp³-hybridized carbons (Fsp3) is 0.385. The number of hydrogen-bond acceptors (Lipinski definition) is 6. The van der Waals surface area contributed by atoms with Crippen LogP contribution in [-0.2, 0) is 6.42 Å². The summed E-state index contributed by atoms with van der Waals surface area (Å²) >= 11 is 6.37. The molecule has 114 valence electrons. The minimum atomic E-state index is -0.169. The Labute approximate surface area is 140 Å². The van der Waals surface area contributed by atoms with Gasteiger partial charge < -0.3 is 16.4 Å². The summed E-state index contributed by atoms with van der Waals surface area (Å²) in [4.78, 5) is 18.0. The number of thiazole rings is 1. The van der Waals surface area contributed by atoms with E-state index in [-0.39, 0.29) is 17.8 Å². The van der Waals surface area contributed by atoms with Gasteiger partial charge >= 0.3 is 0 Å². The Morgan fingerprint density at radius 2 is 2.19 bits per heavy atom. The van der Waals surface area contributed by atoms with E-state index in [1.807, 2.05) is 26.0 Å². The number of thiophene rings is 1. The van der Waals surface area contributed by atoms with E-state index < -0.39 is 0 Å².